The van der Waals surface area contributed by atoms with Gasteiger partial charge in [-0.05, 0) is 61.4 Å². The highest BCUT2D eigenvalue weighted by molar-refractivity contribution is 5.91. The summed E-state index contributed by atoms with van der Waals surface area (Å²) < 4.78 is 0. The van der Waals surface area contributed by atoms with E-state index in [1.54, 1.807) is 4.90 Å². The number of carbonyl (C=O) groups excluding carboxylic acids is 2. The number of likely N-dealkylation sites (tertiary alicyclic amines) is 1. The zero-order valence-electron chi connectivity index (χ0n) is 16.3. The van der Waals surface area contributed by atoms with Gasteiger partial charge >= 0.3 is 0 Å². The summed E-state index contributed by atoms with van der Waals surface area (Å²) in [6.07, 6.45) is 3.95. The number of hydrogen-bond acceptors (Lipinski definition) is 3. The second kappa shape index (κ2) is 7.66. The van der Waals surface area contributed by atoms with Crippen LogP contribution >= 0.6 is 0 Å². The molecule has 1 saturated heterocycles. The number of nitrogens with two attached hydrogens (primary N) is 1. The van der Waals surface area contributed by atoms with Crippen molar-refractivity contribution in [3.8, 4) is 0 Å². The number of nitrogens with one attached hydrogen (secondary N) is 1. The van der Waals surface area contributed by atoms with E-state index < -0.39 is 6.04 Å². The summed E-state index contributed by atoms with van der Waals surface area (Å²) >= 11 is 0. The number of nitrogens with zero attached hydrogens (tertiary/aromatic N) is 1. The Morgan fingerprint density at radius 1 is 1.14 bits per heavy atom. The van der Waals surface area contributed by atoms with Crippen LogP contribution in [0.3, 0.4) is 0 Å². The predicted molar refractivity (Wildman–Crippen MR) is 109 cm³/mol. The van der Waals surface area contributed by atoms with Crippen LogP contribution < -0.4 is 11.1 Å². The molecule has 146 valence electrons. The minimum absolute atomic E-state index is 0.00576. The van der Waals surface area contributed by atoms with Crippen molar-refractivity contribution in [3.05, 3.63) is 64.7 Å². The Bertz CT molecular complexity index is 891. The molecule has 2 aromatic carbocycles. The van der Waals surface area contributed by atoms with Gasteiger partial charge in [0.05, 0.1) is 6.04 Å². The fourth-order valence-electron chi connectivity index (χ4n) is 4.35. The molecule has 0 aromatic heterocycles. The monoisotopic (exact) mass is 377 g/mol. The van der Waals surface area contributed by atoms with E-state index >= 15 is 0 Å². The molecule has 2 aromatic rings. The van der Waals surface area contributed by atoms with Gasteiger partial charge in [-0.1, -0.05) is 35.9 Å². The van der Waals surface area contributed by atoms with E-state index in [2.05, 4.69) is 5.32 Å². The molecule has 3 N–H and O–H groups in total. The summed E-state index contributed by atoms with van der Waals surface area (Å²) in [5.41, 5.74) is 11.3. The number of benzene rings is 2. The predicted octanol–water partition coefficient (Wildman–Crippen LogP) is 3.26. The van der Waals surface area contributed by atoms with E-state index in [1.165, 1.54) is 11.1 Å². The zero-order valence-corrected chi connectivity index (χ0v) is 16.3. The molecule has 28 heavy (non-hydrogen) atoms. The van der Waals surface area contributed by atoms with Crippen LogP contribution in [0.5, 0.6) is 0 Å². The summed E-state index contributed by atoms with van der Waals surface area (Å²) in [5.74, 6) is 0.00480. The highest BCUT2D eigenvalue weighted by Gasteiger charge is 2.37. The Balaban J connectivity index is 1.48. The molecule has 5 heteroatoms. The van der Waals surface area contributed by atoms with Gasteiger partial charge in [0, 0.05) is 18.7 Å². The van der Waals surface area contributed by atoms with Crippen molar-refractivity contribution in [2.24, 2.45) is 0 Å². The first kappa shape index (κ1) is 18.5. The molecule has 4 rings (SSSR count). The third-order valence-corrected chi connectivity index (χ3v) is 5.90. The molecule has 0 bridgehead atoms. The largest absolute Gasteiger partial charge is 0.399 e. The van der Waals surface area contributed by atoms with Crippen molar-refractivity contribution in [3.63, 3.8) is 0 Å². The fourth-order valence-corrected chi connectivity index (χ4v) is 4.35. The Kier molecular flexibility index (Phi) is 5.07. The van der Waals surface area contributed by atoms with E-state index in [9.17, 15) is 9.59 Å². The Morgan fingerprint density at radius 2 is 1.93 bits per heavy atom. The number of rotatable bonds is 4. The van der Waals surface area contributed by atoms with E-state index in [0.29, 0.717) is 19.4 Å². The second-order valence-electron chi connectivity index (χ2n) is 7.97. The van der Waals surface area contributed by atoms with Crippen molar-refractivity contribution in [2.75, 3.05) is 5.73 Å². The van der Waals surface area contributed by atoms with Gasteiger partial charge in [-0.2, -0.15) is 0 Å². The average molecular weight is 377 g/mol. The van der Waals surface area contributed by atoms with Crippen molar-refractivity contribution < 1.29 is 9.59 Å². The van der Waals surface area contributed by atoms with Crippen LogP contribution in [-0.4, -0.2) is 22.8 Å². The molecule has 1 heterocycles. The van der Waals surface area contributed by atoms with Gasteiger partial charge in [0.1, 0.15) is 6.04 Å². The first-order valence-corrected chi connectivity index (χ1v) is 10.0. The van der Waals surface area contributed by atoms with Crippen LogP contribution in [0.15, 0.2) is 42.5 Å². The van der Waals surface area contributed by atoms with Gasteiger partial charge in [0.15, 0.2) is 0 Å². The fraction of sp³-hybridized carbons (Fsp3) is 0.391. The van der Waals surface area contributed by atoms with E-state index in [1.807, 2.05) is 49.4 Å². The van der Waals surface area contributed by atoms with Gasteiger partial charge < -0.3 is 16.0 Å². The molecular formula is C23H27N3O2. The van der Waals surface area contributed by atoms with Gasteiger partial charge in [-0.25, -0.2) is 0 Å². The average Bonchev–Trinajstić information content (AvgIpc) is 3.04. The van der Waals surface area contributed by atoms with Crippen molar-refractivity contribution in [1.82, 2.24) is 10.2 Å². The van der Waals surface area contributed by atoms with Crippen molar-refractivity contribution >= 4 is 17.5 Å². The number of hydrogen-bond donors (Lipinski definition) is 2. The van der Waals surface area contributed by atoms with E-state index in [-0.39, 0.29) is 17.9 Å². The Labute approximate surface area is 165 Å². The molecular weight excluding hydrogens is 350 g/mol. The van der Waals surface area contributed by atoms with Crippen LogP contribution in [0, 0.1) is 6.92 Å². The lowest BCUT2D eigenvalue weighted by molar-refractivity contribution is -0.136. The zero-order chi connectivity index (χ0) is 19.7. The van der Waals surface area contributed by atoms with Crippen LogP contribution in [-0.2, 0) is 22.6 Å². The van der Waals surface area contributed by atoms with Gasteiger partial charge in [-0.3, -0.25) is 9.59 Å². The molecule has 0 spiro atoms. The molecule has 2 aliphatic rings. The summed E-state index contributed by atoms with van der Waals surface area (Å²) in [6, 6.07) is 13.7. The van der Waals surface area contributed by atoms with Gasteiger partial charge in [0.25, 0.3) is 0 Å². The quantitative estimate of drug-likeness (QED) is 0.803. The Hall–Kier alpha value is -2.82. The Morgan fingerprint density at radius 3 is 2.71 bits per heavy atom. The third-order valence-electron chi connectivity index (χ3n) is 5.90. The first-order chi connectivity index (χ1) is 13.5. The summed E-state index contributed by atoms with van der Waals surface area (Å²) in [4.78, 5) is 27.2. The second-order valence-corrected chi connectivity index (χ2v) is 7.97. The molecule has 0 radical (unpaired) electrons. The number of amides is 2. The standard InChI is InChI=1S/C23H27N3O2/c1-15-5-7-16(8-6-15)14-26-21(11-12-22(26)27)23(28)25-20-4-2-3-17-13-18(24)9-10-19(17)20/h5-10,13,20-21H,2-4,11-12,14,24H2,1H3,(H,25,28). The number of anilines is 1. The normalized spacial score (nSPS) is 21.5. The van der Waals surface area contributed by atoms with Crippen LogP contribution in [0.1, 0.15) is 54.0 Å². The molecule has 2 amide bonds. The van der Waals surface area contributed by atoms with Crippen LogP contribution in [0.2, 0.25) is 0 Å². The molecule has 5 nitrogen and oxygen atoms in total. The summed E-state index contributed by atoms with van der Waals surface area (Å²) in [7, 11) is 0. The van der Waals surface area contributed by atoms with Gasteiger partial charge in [-0.15, -0.1) is 0 Å². The van der Waals surface area contributed by atoms with Crippen molar-refractivity contribution in [2.45, 2.75) is 57.7 Å². The van der Waals surface area contributed by atoms with Crippen LogP contribution in [0.25, 0.3) is 0 Å². The highest BCUT2D eigenvalue weighted by atomic mass is 16.2. The topological polar surface area (TPSA) is 75.4 Å². The number of carbonyl (C=O) groups is 2. The van der Waals surface area contributed by atoms with Crippen LogP contribution in [0.4, 0.5) is 5.69 Å². The maximum atomic E-state index is 13.1. The first-order valence-electron chi connectivity index (χ1n) is 10.0. The van der Waals surface area contributed by atoms with Gasteiger partial charge in [0.2, 0.25) is 11.8 Å². The van der Waals surface area contributed by atoms with E-state index in [0.717, 1.165) is 36.1 Å². The lowest BCUT2D eigenvalue weighted by atomic mass is 9.87. The lowest BCUT2D eigenvalue weighted by Gasteiger charge is -2.30. The molecule has 2 atom stereocenters. The lowest BCUT2D eigenvalue weighted by Crippen LogP contribution is -2.45. The maximum Gasteiger partial charge on any atom is 0.243 e. The molecule has 1 aliphatic heterocycles. The molecule has 1 aliphatic carbocycles. The number of fused-ring (bicyclic) bond motifs is 1. The maximum absolute atomic E-state index is 13.1. The minimum atomic E-state index is -0.395. The SMILES string of the molecule is Cc1ccc(CN2C(=O)CCC2C(=O)NC2CCCc3cc(N)ccc32)cc1. The van der Waals surface area contributed by atoms with Crippen molar-refractivity contribution in [1.29, 1.82) is 0 Å². The molecule has 1 fully saturated rings. The highest BCUT2D eigenvalue weighted by Crippen LogP contribution is 2.32. The number of nitrogen functional groups attached to an aromatic ring is 1. The summed E-state index contributed by atoms with van der Waals surface area (Å²) in [6.45, 7) is 2.52. The number of aryl methyl sites for hydroxylation is 2. The minimum Gasteiger partial charge on any atom is -0.399 e. The molecule has 0 saturated carbocycles. The molecule has 2 unspecified atom stereocenters. The summed E-state index contributed by atoms with van der Waals surface area (Å²) in [5, 5.41) is 3.21. The van der Waals surface area contributed by atoms with E-state index in [4.69, 9.17) is 5.73 Å². The third kappa shape index (κ3) is 3.75. The smallest absolute Gasteiger partial charge is 0.243 e.